The molecule has 1 heterocycles. The molecule has 0 spiro atoms. The fraction of sp³-hybridized carbons (Fsp3) is 0.600. The minimum atomic E-state index is -3.43. The molecule has 2 N–H and O–H groups in total. The van der Waals surface area contributed by atoms with E-state index in [4.69, 9.17) is 0 Å². The molecule has 1 aliphatic rings. The molecule has 0 amide bonds. The summed E-state index contributed by atoms with van der Waals surface area (Å²) in [6.07, 6.45) is 0. The van der Waals surface area contributed by atoms with Gasteiger partial charge in [-0.2, -0.15) is 12.7 Å². The van der Waals surface area contributed by atoms with Crippen molar-refractivity contribution in [1.82, 2.24) is 19.2 Å². The fourth-order valence-electron chi connectivity index (χ4n) is 2.51. The van der Waals surface area contributed by atoms with Crippen LogP contribution in [0.4, 0.5) is 0 Å². The van der Waals surface area contributed by atoms with Gasteiger partial charge in [0.15, 0.2) is 0 Å². The van der Waals surface area contributed by atoms with Gasteiger partial charge in [0, 0.05) is 52.4 Å². The predicted octanol–water partition coefficient (Wildman–Crippen LogP) is 1.09. The molecule has 0 bridgehead atoms. The first kappa shape index (κ1) is 23.6. The molecule has 0 aliphatic carbocycles. The second kappa shape index (κ2) is 12.0. The van der Waals surface area contributed by atoms with E-state index >= 15 is 0 Å². The second-order valence-electron chi connectivity index (χ2n) is 5.40. The normalized spacial score (nSPS) is 15.6. The third-order valence-electron chi connectivity index (χ3n) is 3.82. The van der Waals surface area contributed by atoms with Crippen molar-refractivity contribution in [2.75, 3.05) is 45.8 Å². The molecule has 0 unspecified atom stereocenters. The number of rotatable bonds is 8. The molecule has 0 aromatic heterocycles. The highest BCUT2D eigenvalue weighted by molar-refractivity contribution is 7.87. The summed E-state index contributed by atoms with van der Waals surface area (Å²) in [5.41, 5.74) is 0.997. The van der Waals surface area contributed by atoms with E-state index in [1.165, 1.54) is 4.31 Å². The Morgan fingerprint density at radius 1 is 1.17 bits per heavy atom. The summed E-state index contributed by atoms with van der Waals surface area (Å²) in [5, 5.41) is 3.29. The van der Waals surface area contributed by atoms with Gasteiger partial charge in [-0.1, -0.05) is 37.3 Å². The molecule has 1 saturated heterocycles. The van der Waals surface area contributed by atoms with Crippen molar-refractivity contribution < 1.29 is 8.42 Å². The SMILES string of the molecule is CCN(Cc1ccccc1)S(=O)(=O)NCCN1CCNCC1.Cl.Cl. The van der Waals surface area contributed by atoms with Crippen LogP contribution in [0.2, 0.25) is 0 Å². The lowest BCUT2D eigenvalue weighted by Gasteiger charge is -2.27. The van der Waals surface area contributed by atoms with Gasteiger partial charge < -0.3 is 5.32 Å². The molecular weight excluding hydrogens is 371 g/mol. The molecule has 1 aromatic carbocycles. The van der Waals surface area contributed by atoms with Crippen LogP contribution < -0.4 is 10.0 Å². The molecule has 9 heteroatoms. The first-order chi connectivity index (χ1) is 10.6. The Morgan fingerprint density at radius 3 is 2.38 bits per heavy atom. The van der Waals surface area contributed by atoms with Gasteiger partial charge in [-0.25, -0.2) is 4.72 Å². The molecule has 0 radical (unpaired) electrons. The van der Waals surface area contributed by atoms with Gasteiger partial charge in [0.2, 0.25) is 0 Å². The van der Waals surface area contributed by atoms with Crippen LogP contribution in [0.15, 0.2) is 30.3 Å². The average molecular weight is 399 g/mol. The molecular formula is C15H28Cl2N4O2S. The first-order valence-corrected chi connectivity index (χ1v) is 9.27. The zero-order chi connectivity index (χ0) is 15.8. The van der Waals surface area contributed by atoms with Crippen LogP contribution in [0, 0.1) is 0 Å². The Balaban J connectivity index is 0.00000264. The molecule has 0 atom stereocenters. The topological polar surface area (TPSA) is 64.7 Å². The van der Waals surface area contributed by atoms with Gasteiger partial charge in [-0.15, -0.1) is 24.8 Å². The maximum absolute atomic E-state index is 12.4. The van der Waals surface area contributed by atoms with Crippen molar-refractivity contribution in [2.24, 2.45) is 0 Å². The Bertz CT molecular complexity index is 540. The van der Waals surface area contributed by atoms with Crippen LogP contribution in [-0.4, -0.2) is 63.4 Å². The van der Waals surface area contributed by atoms with Gasteiger partial charge in [0.05, 0.1) is 0 Å². The summed E-state index contributed by atoms with van der Waals surface area (Å²) in [6.45, 7) is 7.82. The first-order valence-electron chi connectivity index (χ1n) is 7.83. The highest BCUT2D eigenvalue weighted by atomic mass is 35.5. The van der Waals surface area contributed by atoms with Crippen molar-refractivity contribution >= 4 is 35.0 Å². The van der Waals surface area contributed by atoms with E-state index in [2.05, 4.69) is 14.9 Å². The summed E-state index contributed by atoms with van der Waals surface area (Å²) in [7, 11) is -3.43. The van der Waals surface area contributed by atoms with Crippen molar-refractivity contribution in [3.63, 3.8) is 0 Å². The van der Waals surface area contributed by atoms with E-state index in [-0.39, 0.29) is 24.8 Å². The van der Waals surface area contributed by atoms with Crippen LogP contribution >= 0.6 is 24.8 Å². The van der Waals surface area contributed by atoms with E-state index in [0.29, 0.717) is 19.6 Å². The summed E-state index contributed by atoms with van der Waals surface area (Å²) in [5.74, 6) is 0. The van der Waals surface area contributed by atoms with Crippen molar-refractivity contribution in [3.05, 3.63) is 35.9 Å². The lowest BCUT2D eigenvalue weighted by atomic mass is 10.2. The maximum Gasteiger partial charge on any atom is 0.279 e. The van der Waals surface area contributed by atoms with E-state index < -0.39 is 10.2 Å². The largest absolute Gasteiger partial charge is 0.314 e. The summed E-state index contributed by atoms with van der Waals surface area (Å²) < 4.78 is 29.0. The zero-order valence-electron chi connectivity index (χ0n) is 14.0. The van der Waals surface area contributed by atoms with Gasteiger partial charge in [-0.3, -0.25) is 4.90 Å². The molecule has 1 aromatic rings. The highest BCUT2D eigenvalue weighted by Gasteiger charge is 2.20. The standard InChI is InChI=1S/C15H26N4O2S.2ClH/c1-2-19(14-15-6-4-3-5-7-15)22(20,21)17-10-13-18-11-8-16-9-12-18;;/h3-7,16-17H,2,8-14H2,1H3;2*1H. The quantitative estimate of drug-likeness (QED) is 0.687. The minimum Gasteiger partial charge on any atom is -0.314 e. The fourth-order valence-corrected chi connectivity index (χ4v) is 3.70. The van der Waals surface area contributed by atoms with Crippen LogP contribution in [0.1, 0.15) is 12.5 Å². The Kier molecular flexibility index (Phi) is 11.8. The van der Waals surface area contributed by atoms with Crippen LogP contribution in [0.5, 0.6) is 0 Å². The molecule has 1 aliphatic heterocycles. The number of halogens is 2. The smallest absolute Gasteiger partial charge is 0.279 e. The molecule has 6 nitrogen and oxygen atoms in total. The summed E-state index contributed by atoms with van der Waals surface area (Å²) in [6, 6.07) is 9.67. The zero-order valence-corrected chi connectivity index (χ0v) is 16.4. The number of nitrogens with one attached hydrogen (secondary N) is 2. The van der Waals surface area contributed by atoms with Gasteiger partial charge >= 0.3 is 0 Å². The monoisotopic (exact) mass is 398 g/mol. The van der Waals surface area contributed by atoms with Gasteiger partial charge in [0.1, 0.15) is 0 Å². The highest BCUT2D eigenvalue weighted by Crippen LogP contribution is 2.07. The van der Waals surface area contributed by atoms with Crippen LogP contribution in [-0.2, 0) is 16.8 Å². The van der Waals surface area contributed by atoms with Crippen molar-refractivity contribution in [1.29, 1.82) is 0 Å². The lowest BCUT2D eigenvalue weighted by Crippen LogP contribution is -2.48. The van der Waals surface area contributed by atoms with Crippen molar-refractivity contribution in [3.8, 4) is 0 Å². The lowest BCUT2D eigenvalue weighted by molar-refractivity contribution is 0.244. The third-order valence-corrected chi connectivity index (χ3v) is 5.45. The Morgan fingerprint density at radius 2 is 1.79 bits per heavy atom. The van der Waals surface area contributed by atoms with Gasteiger partial charge in [-0.05, 0) is 5.56 Å². The van der Waals surface area contributed by atoms with Crippen LogP contribution in [0.3, 0.4) is 0 Å². The third kappa shape index (κ3) is 7.65. The number of hydrogen-bond donors (Lipinski definition) is 2. The van der Waals surface area contributed by atoms with Gasteiger partial charge in [0.25, 0.3) is 10.2 Å². The van der Waals surface area contributed by atoms with E-state index in [1.54, 1.807) is 0 Å². The molecule has 2 rings (SSSR count). The summed E-state index contributed by atoms with van der Waals surface area (Å²) in [4.78, 5) is 2.27. The number of piperazine rings is 1. The number of nitrogens with zero attached hydrogens (tertiary/aromatic N) is 2. The van der Waals surface area contributed by atoms with E-state index in [9.17, 15) is 8.42 Å². The molecule has 1 fully saturated rings. The molecule has 0 saturated carbocycles. The number of benzene rings is 1. The number of hydrogen-bond acceptors (Lipinski definition) is 4. The molecule has 140 valence electrons. The van der Waals surface area contributed by atoms with Crippen molar-refractivity contribution in [2.45, 2.75) is 13.5 Å². The predicted molar refractivity (Wildman–Crippen MR) is 103 cm³/mol. The van der Waals surface area contributed by atoms with E-state index in [0.717, 1.165) is 38.3 Å². The second-order valence-corrected chi connectivity index (χ2v) is 7.16. The maximum atomic E-state index is 12.4. The van der Waals surface area contributed by atoms with Crippen LogP contribution in [0.25, 0.3) is 0 Å². The van der Waals surface area contributed by atoms with E-state index in [1.807, 2.05) is 37.3 Å². The average Bonchev–Trinajstić information content (AvgIpc) is 2.54. The molecule has 24 heavy (non-hydrogen) atoms. The summed E-state index contributed by atoms with van der Waals surface area (Å²) >= 11 is 0. The Labute approximate surface area is 158 Å². The minimum absolute atomic E-state index is 0. The Hall–Kier alpha value is -0.410.